The van der Waals surface area contributed by atoms with Gasteiger partial charge in [0, 0.05) is 10.9 Å². The van der Waals surface area contributed by atoms with Crippen LogP contribution in [0.1, 0.15) is 12.5 Å². The molecule has 1 rings (SSSR count). The van der Waals surface area contributed by atoms with Crippen molar-refractivity contribution < 1.29 is 5.11 Å². The first-order chi connectivity index (χ1) is 7.22. The number of hydrogen-bond acceptors (Lipinski definition) is 4. The van der Waals surface area contributed by atoms with Crippen molar-refractivity contribution in [1.29, 1.82) is 5.26 Å². The number of aliphatic hydroxyl groups is 1. The van der Waals surface area contributed by atoms with Crippen LogP contribution in [0, 0.1) is 11.3 Å². The molecule has 0 radical (unpaired) electrons. The molecule has 0 bridgehead atoms. The first-order valence-electron chi connectivity index (χ1n) is 4.67. The van der Waals surface area contributed by atoms with Gasteiger partial charge in [-0.3, -0.25) is 0 Å². The van der Waals surface area contributed by atoms with Gasteiger partial charge in [-0.05, 0) is 25.3 Å². The van der Waals surface area contributed by atoms with E-state index in [0.717, 1.165) is 10.6 Å². The summed E-state index contributed by atoms with van der Waals surface area (Å²) < 4.78 is 0. The number of nitrogens with one attached hydrogen (secondary N) is 1. The largest absolute Gasteiger partial charge is 0.394 e. The van der Waals surface area contributed by atoms with E-state index in [9.17, 15) is 0 Å². The molecule has 0 aliphatic carbocycles. The normalized spacial score (nSPS) is 11.9. The molecule has 2 N–H and O–H groups in total. The molecule has 1 aromatic carbocycles. The van der Waals surface area contributed by atoms with Gasteiger partial charge >= 0.3 is 0 Å². The summed E-state index contributed by atoms with van der Waals surface area (Å²) in [6, 6.07) is 7.80. The van der Waals surface area contributed by atoms with Gasteiger partial charge in [-0.1, -0.05) is 6.07 Å². The molecule has 0 saturated heterocycles. The highest BCUT2D eigenvalue weighted by molar-refractivity contribution is 7.98. The average Bonchev–Trinajstić information content (AvgIpc) is 2.28. The van der Waals surface area contributed by atoms with E-state index in [1.807, 2.05) is 31.4 Å². The molecule has 80 valence electrons. The minimum Gasteiger partial charge on any atom is -0.394 e. The van der Waals surface area contributed by atoms with Gasteiger partial charge in [-0.15, -0.1) is 11.8 Å². The highest BCUT2D eigenvalue weighted by Gasteiger charge is 2.08. The third-order valence-electron chi connectivity index (χ3n) is 2.03. The highest BCUT2D eigenvalue weighted by atomic mass is 32.2. The lowest BCUT2D eigenvalue weighted by molar-refractivity contribution is 0.281. The number of benzene rings is 1. The van der Waals surface area contributed by atoms with Crippen LogP contribution in [0.3, 0.4) is 0 Å². The van der Waals surface area contributed by atoms with Gasteiger partial charge in [-0.25, -0.2) is 0 Å². The lowest BCUT2D eigenvalue weighted by Gasteiger charge is -2.14. The van der Waals surface area contributed by atoms with E-state index in [0.29, 0.717) is 5.56 Å². The van der Waals surface area contributed by atoms with E-state index in [1.165, 1.54) is 0 Å². The van der Waals surface area contributed by atoms with E-state index in [2.05, 4.69) is 11.4 Å². The fraction of sp³-hybridized carbons (Fsp3) is 0.364. The second-order valence-corrected chi connectivity index (χ2v) is 4.07. The van der Waals surface area contributed by atoms with Crippen molar-refractivity contribution in [1.82, 2.24) is 0 Å². The van der Waals surface area contributed by atoms with Crippen molar-refractivity contribution in [2.45, 2.75) is 17.9 Å². The van der Waals surface area contributed by atoms with Crippen LogP contribution in [0.15, 0.2) is 23.1 Å². The number of nitrogens with zero attached hydrogens (tertiary/aromatic N) is 1. The molecule has 3 nitrogen and oxygen atoms in total. The van der Waals surface area contributed by atoms with Crippen LogP contribution in [0.5, 0.6) is 0 Å². The Labute approximate surface area is 94.1 Å². The third-order valence-corrected chi connectivity index (χ3v) is 2.81. The minimum atomic E-state index is -0.0470. The smallest absolute Gasteiger partial charge is 0.102 e. The monoisotopic (exact) mass is 222 g/mol. The Morgan fingerprint density at radius 1 is 1.60 bits per heavy atom. The zero-order valence-corrected chi connectivity index (χ0v) is 9.64. The van der Waals surface area contributed by atoms with Gasteiger partial charge in [0.15, 0.2) is 0 Å². The second-order valence-electron chi connectivity index (χ2n) is 3.22. The molecule has 0 amide bonds. The first-order valence-corrected chi connectivity index (χ1v) is 5.90. The Morgan fingerprint density at radius 2 is 2.33 bits per heavy atom. The van der Waals surface area contributed by atoms with Crippen LogP contribution < -0.4 is 5.32 Å². The van der Waals surface area contributed by atoms with Gasteiger partial charge in [0.05, 0.1) is 17.9 Å². The quantitative estimate of drug-likeness (QED) is 0.766. The predicted octanol–water partition coefficient (Wildman–Crippen LogP) is 2.07. The number of nitriles is 1. The number of aliphatic hydroxyl groups excluding tert-OH is 1. The molecule has 0 fully saturated rings. The topological polar surface area (TPSA) is 56.0 Å². The van der Waals surface area contributed by atoms with E-state index >= 15 is 0 Å². The molecule has 0 aliphatic heterocycles. The molecule has 1 aromatic rings. The molecule has 0 saturated carbocycles. The summed E-state index contributed by atoms with van der Waals surface area (Å²) in [4.78, 5) is 0.952. The van der Waals surface area contributed by atoms with Crippen LogP contribution in [0.2, 0.25) is 0 Å². The molecule has 1 atom stereocenters. The van der Waals surface area contributed by atoms with Crippen LogP contribution >= 0.6 is 11.8 Å². The third kappa shape index (κ3) is 2.88. The molecule has 0 heterocycles. The maximum absolute atomic E-state index is 9.05. The Bertz CT molecular complexity index is 373. The minimum absolute atomic E-state index is 0.0470. The molecule has 4 heteroatoms. The fourth-order valence-corrected chi connectivity index (χ4v) is 1.82. The predicted molar refractivity (Wildman–Crippen MR) is 63.1 cm³/mol. The molecule has 15 heavy (non-hydrogen) atoms. The number of anilines is 1. The number of thioether (sulfide) groups is 1. The molecule has 0 aromatic heterocycles. The van der Waals surface area contributed by atoms with E-state index in [4.69, 9.17) is 10.4 Å². The summed E-state index contributed by atoms with van der Waals surface area (Å²) >= 11 is 1.54. The Morgan fingerprint density at radius 3 is 2.87 bits per heavy atom. The van der Waals surface area contributed by atoms with Gasteiger partial charge < -0.3 is 10.4 Å². The SMILES string of the molecule is CSc1cccc(NC(C)CO)c1C#N. The van der Waals surface area contributed by atoms with Crippen molar-refractivity contribution in [3.05, 3.63) is 23.8 Å². The van der Waals surface area contributed by atoms with Crippen LogP contribution in [0.25, 0.3) is 0 Å². The highest BCUT2D eigenvalue weighted by Crippen LogP contribution is 2.26. The van der Waals surface area contributed by atoms with E-state index in [1.54, 1.807) is 11.8 Å². The molecule has 0 spiro atoms. The zero-order valence-electron chi connectivity index (χ0n) is 8.82. The molecular formula is C11H14N2OS. The zero-order chi connectivity index (χ0) is 11.3. The number of rotatable bonds is 4. The molecular weight excluding hydrogens is 208 g/mol. The molecule has 0 aliphatic rings. The van der Waals surface area contributed by atoms with Crippen LogP contribution in [-0.2, 0) is 0 Å². The maximum Gasteiger partial charge on any atom is 0.102 e. The fourth-order valence-electron chi connectivity index (χ4n) is 1.25. The van der Waals surface area contributed by atoms with Gasteiger partial charge in [0.2, 0.25) is 0 Å². The van der Waals surface area contributed by atoms with Crippen molar-refractivity contribution in [2.24, 2.45) is 0 Å². The average molecular weight is 222 g/mol. The second kappa shape index (κ2) is 5.64. The van der Waals surface area contributed by atoms with Crippen molar-refractivity contribution in [3.63, 3.8) is 0 Å². The van der Waals surface area contributed by atoms with Crippen molar-refractivity contribution >= 4 is 17.4 Å². The first kappa shape index (κ1) is 11.9. The summed E-state index contributed by atoms with van der Waals surface area (Å²) in [6.45, 7) is 1.92. The van der Waals surface area contributed by atoms with E-state index in [-0.39, 0.29) is 12.6 Å². The Balaban J connectivity index is 3.02. The van der Waals surface area contributed by atoms with E-state index < -0.39 is 0 Å². The number of hydrogen-bond donors (Lipinski definition) is 2. The lowest BCUT2D eigenvalue weighted by Crippen LogP contribution is -2.19. The molecule has 1 unspecified atom stereocenters. The lowest BCUT2D eigenvalue weighted by atomic mass is 10.2. The maximum atomic E-state index is 9.05. The van der Waals surface area contributed by atoms with Gasteiger partial charge in [0.25, 0.3) is 0 Å². The van der Waals surface area contributed by atoms with Crippen molar-refractivity contribution in [3.8, 4) is 6.07 Å². The van der Waals surface area contributed by atoms with Gasteiger partial charge in [0.1, 0.15) is 6.07 Å². The Kier molecular flexibility index (Phi) is 4.47. The van der Waals surface area contributed by atoms with Gasteiger partial charge in [-0.2, -0.15) is 5.26 Å². The standard InChI is InChI=1S/C11H14N2OS/c1-8(7-14)13-10-4-3-5-11(15-2)9(10)6-12/h3-5,8,13-14H,7H2,1-2H3. The summed E-state index contributed by atoms with van der Waals surface area (Å²) in [5.41, 5.74) is 1.43. The summed E-state index contributed by atoms with van der Waals surface area (Å²) in [5, 5.41) is 21.1. The summed E-state index contributed by atoms with van der Waals surface area (Å²) in [6.07, 6.45) is 1.94. The van der Waals surface area contributed by atoms with Crippen LogP contribution in [0.4, 0.5) is 5.69 Å². The summed E-state index contributed by atoms with van der Waals surface area (Å²) in [5.74, 6) is 0. The summed E-state index contributed by atoms with van der Waals surface area (Å²) in [7, 11) is 0. The van der Waals surface area contributed by atoms with Crippen LogP contribution in [-0.4, -0.2) is 24.0 Å². The van der Waals surface area contributed by atoms with Crippen molar-refractivity contribution in [2.75, 3.05) is 18.2 Å². The Hall–Kier alpha value is -1.18.